The average Bonchev–Trinajstić information content (AvgIpc) is 2.95. The van der Waals surface area contributed by atoms with Crippen molar-refractivity contribution in [3.05, 3.63) is 35.9 Å². The van der Waals surface area contributed by atoms with Crippen molar-refractivity contribution in [2.45, 2.75) is 117 Å². The Balaban J connectivity index is 3.04. The van der Waals surface area contributed by atoms with Gasteiger partial charge < -0.3 is 35.5 Å². The number of rotatable bonds is 17. The van der Waals surface area contributed by atoms with Gasteiger partial charge in [-0.3, -0.25) is 19.2 Å². The minimum absolute atomic E-state index is 0.00448. The summed E-state index contributed by atoms with van der Waals surface area (Å²) >= 11 is 0. The zero-order valence-corrected chi connectivity index (χ0v) is 27.2. The van der Waals surface area contributed by atoms with Crippen molar-refractivity contribution in [2.24, 2.45) is 11.8 Å². The molecule has 0 spiro atoms. The second-order valence-electron chi connectivity index (χ2n) is 12.4. The number of nitrogens with one attached hydrogen (secondary N) is 4. The lowest BCUT2D eigenvalue weighted by molar-refractivity contribution is -0.155. The van der Waals surface area contributed by atoms with Crippen LogP contribution in [0.1, 0.15) is 86.6 Å². The predicted octanol–water partition coefficient (Wildman–Crippen LogP) is 3.17. The molecule has 246 valence electrons. The monoisotopic (exact) mass is 618 g/mol. The molecule has 0 saturated carbocycles. The standard InChI is InChI=1S/C32H50N4O8/c1-9-21(4)27(36-31(42)43-19-23-13-11-10-12-14-23)30(41)35-25(15-16-26(38)44-32(6,7)8)29(40)33-22(5)28(39)34-24(18-37)17-20(2)3/h10-14,18,20-22,24-25,27H,9,15-17,19H2,1-8H3,(H,33,40)(H,34,39)(H,35,41)(H,36,42)/t21-,22+,24-,25+,27-/m0/s1. The number of hydrogen-bond acceptors (Lipinski definition) is 8. The van der Waals surface area contributed by atoms with E-state index in [2.05, 4.69) is 21.3 Å². The van der Waals surface area contributed by atoms with Crippen LogP contribution in [0.5, 0.6) is 0 Å². The van der Waals surface area contributed by atoms with Gasteiger partial charge in [0.05, 0.1) is 6.04 Å². The maximum Gasteiger partial charge on any atom is 0.408 e. The van der Waals surface area contributed by atoms with Gasteiger partial charge in [-0.05, 0) is 57.9 Å². The molecule has 0 aromatic heterocycles. The minimum Gasteiger partial charge on any atom is -0.460 e. The van der Waals surface area contributed by atoms with Crippen LogP contribution in [0.25, 0.3) is 0 Å². The van der Waals surface area contributed by atoms with E-state index in [9.17, 15) is 28.8 Å². The van der Waals surface area contributed by atoms with Crippen LogP contribution in [0.15, 0.2) is 30.3 Å². The molecule has 1 aromatic rings. The number of amides is 4. The van der Waals surface area contributed by atoms with E-state index in [1.807, 2.05) is 39.0 Å². The SMILES string of the molecule is CC[C@H](C)[C@H](NC(=O)OCc1ccccc1)C(=O)N[C@H](CCC(=O)OC(C)(C)C)C(=O)N[C@H](C)C(=O)N[C@H](C=O)CC(C)C. The van der Waals surface area contributed by atoms with Crippen molar-refractivity contribution in [1.29, 1.82) is 0 Å². The second-order valence-corrected chi connectivity index (χ2v) is 12.4. The summed E-state index contributed by atoms with van der Waals surface area (Å²) in [6.07, 6.45) is 0.471. The highest BCUT2D eigenvalue weighted by Gasteiger charge is 2.32. The molecule has 1 aromatic carbocycles. The largest absolute Gasteiger partial charge is 0.460 e. The van der Waals surface area contributed by atoms with Crippen LogP contribution < -0.4 is 21.3 Å². The molecule has 0 radical (unpaired) electrons. The summed E-state index contributed by atoms with van der Waals surface area (Å²) in [5.41, 5.74) is 0.0227. The lowest BCUT2D eigenvalue weighted by atomic mass is 9.97. The molecular weight excluding hydrogens is 568 g/mol. The first kappa shape index (κ1) is 38.1. The first-order valence-corrected chi connectivity index (χ1v) is 15.1. The third kappa shape index (κ3) is 15.0. The summed E-state index contributed by atoms with van der Waals surface area (Å²) < 4.78 is 10.6. The van der Waals surface area contributed by atoms with Gasteiger partial charge >= 0.3 is 12.1 Å². The molecular formula is C32H50N4O8. The Morgan fingerprint density at radius 2 is 1.50 bits per heavy atom. The fourth-order valence-corrected chi connectivity index (χ4v) is 4.12. The molecule has 12 nitrogen and oxygen atoms in total. The van der Waals surface area contributed by atoms with Gasteiger partial charge in [-0.2, -0.15) is 0 Å². The number of carbonyl (C=O) groups excluding carboxylic acids is 6. The summed E-state index contributed by atoms with van der Waals surface area (Å²) in [5.74, 6) is -2.70. The van der Waals surface area contributed by atoms with Gasteiger partial charge in [0.2, 0.25) is 17.7 Å². The Kier molecular flexibility index (Phi) is 16.1. The van der Waals surface area contributed by atoms with E-state index in [0.29, 0.717) is 19.1 Å². The first-order valence-electron chi connectivity index (χ1n) is 15.1. The van der Waals surface area contributed by atoms with Crippen molar-refractivity contribution in [3.8, 4) is 0 Å². The van der Waals surface area contributed by atoms with Crippen molar-refractivity contribution in [3.63, 3.8) is 0 Å². The second kappa shape index (κ2) is 18.6. The van der Waals surface area contributed by atoms with Gasteiger partial charge in [-0.25, -0.2) is 4.79 Å². The number of aldehydes is 1. The van der Waals surface area contributed by atoms with Crippen molar-refractivity contribution >= 4 is 36.1 Å². The lowest BCUT2D eigenvalue weighted by Gasteiger charge is -2.27. The molecule has 0 saturated heterocycles. The molecule has 44 heavy (non-hydrogen) atoms. The highest BCUT2D eigenvalue weighted by Crippen LogP contribution is 2.13. The van der Waals surface area contributed by atoms with Gasteiger partial charge in [0.15, 0.2) is 0 Å². The molecule has 0 fully saturated rings. The third-order valence-electron chi connectivity index (χ3n) is 6.64. The number of carbonyl (C=O) groups is 6. The number of benzene rings is 1. The summed E-state index contributed by atoms with van der Waals surface area (Å²) in [4.78, 5) is 75.9. The zero-order valence-electron chi connectivity index (χ0n) is 27.2. The quantitative estimate of drug-likeness (QED) is 0.152. The smallest absolute Gasteiger partial charge is 0.408 e. The molecule has 4 N–H and O–H groups in total. The Morgan fingerprint density at radius 1 is 0.864 bits per heavy atom. The lowest BCUT2D eigenvalue weighted by Crippen LogP contribution is -2.58. The molecule has 0 heterocycles. The van der Waals surface area contributed by atoms with Gasteiger partial charge in [0.1, 0.15) is 36.6 Å². The van der Waals surface area contributed by atoms with E-state index in [-0.39, 0.29) is 31.3 Å². The summed E-state index contributed by atoms with van der Waals surface area (Å²) in [6, 6.07) is 5.00. The Bertz CT molecular complexity index is 1100. The Hall–Kier alpha value is -3.96. The van der Waals surface area contributed by atoms with Gasteiger partial charge in [0, 0.05) is 6.42 Å². The van der Waals surface area contributed by atoms with Gasteiger partial charge in [0.25, 0.3) is 0 Å². The topological polar surface area (TPSA) is 169 Å². The summed E-state index contributed by atoms with van der Waals surface area (Å²) in [7, 11) is 0. The van der Waals surface area contributed by atoms with Crippen LogP contribution in [0.2, 0.25) is 0 Å². The van der Waals surface area contributed by atoms with Crippen molar-refractivity contribution in [2.75, 3.05) is 0 Å². The Labute approximate surface area is 260 Å². The number of ether oxygens (including phenoxy) is 2. The van der Waals surface area contributed by atoms with E-state index in [1.165, 1.54) is 6.92 Å². The van der Waals surface area contributed by atoms with E-state index < -0.39 is 59.6 Å². The molecule has 4 amide bonds. The molecule has 5 atom stereocenters. The molecule has 0 aliphatic carbocycles. The number of hydrogen-bond donors (Lipinski definition) is 4. The normalized spacial score (nSPS) is 14.7. The number of alkyl carbamates (subject to hydrolysis) is 1. The maximum absolute atomic E-state index is 13.5. The summed E-state index contributed by atoms with van der Waals surface area (Å²) in [6.45, 7) is 14.0. The van der Waals surface area contributed by atoms with Crippen LogP contribution in [0.4, 0.5) is 4.79 Å². The molecule has 0 aliphatic rings. The van der Waals surface area contributed by atoms with Crippen LogP contribution in [0.3, 0.4) is 0 Å². The van der Waals surface area contributed by atoms with E-state index >= 15 is 0 Å². The van der Waals surface area contributed by atoms with E-state index in [0.717, 1.165) is 5.56 Å². The highest BCUT2D eigenvalue weighted by molar-refractivity contribution is 5.94. The third-order valence-corrected chi connectivity index (χ3v) is 6.64. The first-order chi connectivity index (χ1) is 20.6. The van der Waals surface area contributed by atoms with Crippen LogP contribution >= 0.6 is 0 Å². The fraction of sp³-hybridized carbons (Fsp3) is 0.625. The van der Waals surface area contributed by atoms with Crippen molar-refractivity contribution in [1.82, 2.24) is 21.3 Å². The average molecular weight is 619 g/mol. The van der Waals surface area contributed by atoms with Gasteiger partial charge in [-0.15, -0.1) is 0 Å². The van der Waals surface area contributed by atoms with Crippen LogP contribution in [0, 0.1) is 11.8 Å². The van der Waals surface area contributed by atoms with Crippen LogP contribution in [-0.4, -0.2) is 65.8 Å². The molecule has 0 bridgehead atoms. The molecule has 1 rings (SSSR count). The number of esters is 1. The fourth-order valence-electron chi connectivity index (χ4n) is 4.12. The van der Waals surface area contributed by atoms with Crippen LogP contribution in [-0.2, 0) is 40.1 Å². The Morgan fingerprint density at radius 3 is 2.05 bits per heavy atom. The molecule has 0 aliphatic heterocycles. The summed E-state index contributed by atoms with van der Waals surface area (Å²) in [5, 5.41) is 10.4. The van der Waals surface area contributed by atoms with Gasteiger partial charge in [-0.1, -0.05) is 64.4 Å². The maximum atomic E-state index is 13.5. The van der Waals surface area contributed by atoms with E-state index in [4.69, 9.17) is 9.47 Å². The predicted molar refractivity (Wildman–Crippen MR) is 165 cm³/mol. The highest BCUT2D eigenvalue weighted by atomic mass is 16.6. The zero-order chi connectivity index (χ0) is 33.4. The molecule has 0 unspecified atom stereocenters. The molecule has 12 heteroatoms. The van der Waals surface area contributed by atoms with E-state index in [1.54, 1.807) is 39.8 Å². The minimum atomic E-state index is -1.24. The van der Waals surface area contributed by atoms with Crippen molar-refractivity contribution < 1.29 is 38.2 Å².